The molecule has 4 atom stereocenters. The van der Waals surface area contributed by atoms with Crippen LogP contribution in [0.15, 0.2) is 58.8 Å². The summed E-state index contributed by atoms with van der Waals surface area (Å²) < 4.78 is 25.2. The average Bonchev–Trinajstić information content (AvgIpc) is 3.74. The molecule has 218 valence electrons. The maximum Gasteiger partial charge on any atom is 0.254 e. The Morgan fingerprint density at radius 3 is 2.56 bits per heavy atom. The first-order valence-electron chi connectivity index (χ1n) is 13.9. The number of aryl methyl sites for hydroxylation is 1. The summed E-state index contributed by atoms with van der Waals surface area (Å²) in [4.78, 5) is 33.6. The van der Waals surface area contributed by atoms with Gasteiger partial charge < -0.3 is 20.6 Å². The number of rotatable bonds is 9. The van der Waals surface area contributed by atoms with Crippen molar-refractivity contribution in [3.05, 3.63) is 81.3 Å². The lowest BCUT2D eigenvalue weighted by atomic mass is 9.95. The molecule has 0 unspecified atom stereocenters. The molecule has 5 rings (SSSR count). The van der Waals surface area contributed by atoms with Crippen molar-refractivity contribution in [3.8, 4) is 0 Å². The van der Waals surface area contributed by atoms with Crippen molar-refractivity contribution in [3.63, 3.8) is 0 Å². The third-order valence-corrected chi connectivity index (χ3v) is 9.97. The molecule has 3 aromatic rings. The Labute approximate surface area is 244 Å². The lowest BCUT2D eigenvalue weighted by Crippen LogP contribution is -2.52. The topological polar surface area (TPSA) is 129 Å². The number of nitrogens with zero attached hydrogens (tertiary/aromatic N) is 2. The number of benzene rings is 2. The predicted octanol–water partition coefficient (Wildman–Crippen LogP) is 3.29. The zero-order valence-electron chi connectivity index (χ0n) is 23.2. The van der Waals surface area contributed by atoms with E-state index in [4.69, 9.17) is 0 Å². The van der Waals surface area contributed by atoms with Gasteiger partial charge in [-0.25, -0.2) is 13.4 Å². The van der Waals surface area contributed by atoms with Gasteiger partial charge in [-0.3, -0.25) is 9.59 Å². The highest BCUT2D eigenvalue weighted by molar-refractivity contribution is 7.90. The highest BCUT2D eigenvalue weighted by atomic mass is 32.2. The molecule has 2 aromatic carbocycles. The minimum atomic E-state index is -3.73. The molecule has 2 saturated heterocycles. The molecule has 1 aromatic heterocycles. The summed E-state index contributed by atoms with van der Waals surface area (Å²) in [6.45, 7) is 3.23. The maximum absolute atomic E-state index is 13.8. The molecule has 41 heavy (non-hydrogen) atoms. The maximum atomic E-state index is 13.8. The molecule has 3 heterocycles. The largest absolute Gasteiger partial charge is 0.389 e. The number of sulfone groups is 1. The molecule has 2 amide bonds. The van der Waals surface area contributed by atoms with E-state index in [0.29, 0.717) is 13.0 Å². The van der Waals surface area contributed by atoms with Gasteiger partial charge in [0, 0.05) is 41.0 Å². The van der Waals surface area contributed by atoms with Crippen molar-refractivity contribution in [2.45, 2.75) is 68.2 Å². The van der Waals surface area contributed by atoms with Crippen LogP contribution in [0.2, 0.25) is 0 Å². The Morgan fingerprint density at radius 1 is 1.15 bits per heavy atom. The minimum Gasteiger partial charge on any atom is -0.389 e. The van der Waals surface area contributed by atoms with Gasteiger partial charge in [-0.05, 0) is 69.3 Å². The van der Waals surface area contributed by atoms with Gasteiger partial charge in [0.15, 0.2) is 9.84 Å². The highest BCUT2D eigenvalue weighted by Crippen LogP contribution is 2.35. The van der Waals surface area contributed by atoms with Gasteiger partial charge in [0.2, 0.25) is 0 Å². The Morgan fingerprint density at radius 2 is 1.90 bits per heavy atom. The number of aliphatic hydroxyl groups excluding tert-OH is 1. The number of hydrogen-bond acceptors (Lipinski definition) is 8. The molecule has 2 aliphatic rings. The Kier molecular flexibility index (Phi) is 8.88. The smallest absolute Gasteiger partial charge is 0.254 e. The number of likely N-dealkylation sites (tertiary alicyclic amines) is 1. The molecule has 0 bridgehead atoms. The molecular weight excluding hydrogens is 560 g/mol. The monoisotopic (exact) mass is 596 g/mol. The van der Waals surface area contributed by atoms with Gasteiger partial charge in [-0.1, -0.05) is 30.3 Å². The molecule has 3 N–H and O–H groups in total. The van der Waals surface area contributed by atoms with Crippen LogP contribution in [0, 0.1) is 6.92 Å². The van der Waals surface area contributed by atoms with Crippen molar-refractivity contribution in [1.29, 1.82) is 0 Å². The van der Waals surface area contributed by atoms with Crippen LogP contribution in [0.4, 0.5) is 0 Å². The van der Waals surface area contributed by atoms with Crippen molar-refractivity contribution >= 4 is 33.0 Å². The second-order valence-electron chi connectivity index (χ2n) is 11.0. The Bertz CT molecular complexity index is 1500. The number of carbonyl (C=O) groups is 2. The standard InChI is InChI=1S/C30H36N4O5S2/c1-19-18-40-29(32-19)26-11-7-13-34(26)30(37)22-15-21(16-23(17-22)41(2,38)39)28(36)33-25(14-20-8-4-3-5-9-20)27(35)24-10-6-12-31-24/h3-5,8-9,15-18,24-27,31,35H,6-7,10-14H2,1-2H3,(H,33,36)/t24-,25+,26-,27+/m1/s1. The van der Waals surface area contributed by atoms with E-state index >= 15 is 0 Å². The van der Waals surface area contributed by atoms with Gasteiger partial charge in [0.25, 0.3) is 11.8 Å². The lowest BCUT2D eigenvalue weighted by molar-refractivity contribution is 0.0733. The van der Waals surface area contributed by atoms with Gasteiger partial charge in [0.05, 0.1) is 23.1 Å². The van der Waals surface area contributed by atoms with Gasteiger partial charge in [0.1, 0.15) is 5.01 Å². The first-order valence-corrected chi connectivity index (χ1v) is 16.7. The summed E-state index contributed by atoms with van der Waals surface area (Å²) in [5, 5.41) is 20.3. The van der Waals surface area contributed by atoms with Crippen LogP contribution < -0.4 is 10.6 Å². The highest BCUT2D eigenvalue weighted by Gasteiger charge is 2.34. The van der Waals surface area contributed by atoms with E-state index in [1.165, 1.54) is 29.5 Å². The summed E-state index contributed by atoms with van der Waals surface area (Å²) in [6, 6.07) is 12.7. The van der Waals surface area contributed by atoms with Crippen LogP contribution in [0.25, 0.3) is 0 Å². The van der Waals surface area contributed by atoms with E-state index in [1.54, 1.807) is 4.90 Å². The summed E-state index contributed by atoms with van der Waals surface area (Å²) in [7, 11) is -3.73. The van der Waals surface area contributed by atoms with E-state index < -0.39 is 27.9 Å². The fourth-order valence-corrected chi connectivity index (χ4v) is 7.31. The lowest BCUT2D eigenvalue weighted by Gasteiger charge is -2.29. The normalized spacial score (nSPS) is 20.6. The third-order valence-electron chi connectivity index (χ3n) is 7.82. The molecule has 11 heteroatoms. The molecule has 2 fully saturated rings. The van der Waals surface area contributed by atoms with Gasteiger partial charge >= 0.3 is 0 Å². The first-order chi connectivity index (χ1) is 19.6. The first kappa shape index (κ1) is 29.4. The molecule has 9 nitrogen and oxygen atoms in total. The second kappa shape index (κ2) is 12.4. The number of hydrogen-bond donors (Lipinski definition) is 3. The quantitative estimate of drug-likeness (QED) is 0.346. The zero-order chi connectivity index (χ0) is 29.1. The minimum absolute atomic E-state index is 0.0572. The fourth-order valence-electron chi connectivity index (χ4n) is 5.69. The van der Waals surface area contributed by atoms with Crippen molar-refractivity contribution < 1.29 is 23.1 Å². The van der Waals surface area contributed by atoms with Crippen molar-refractivity contribution in [1.82, 2.24) is 20.5 Å². The Hall–Kier alpha value is -3.12. The second-order valence-corrected chi connectivity index (χ2v) is 13.9. The van der Waals surface area contributed by atoms with E-state index in [1.807, 2.05) is 42.6 Å². The number of carbonyl (C=O) groups excluding carboxylic acids is 2. The molecule has 2 aliphatic heterocycles. The fraction of sp³-hybridized carbons (Fsp3) is 0.433. The zero-order valence-corrected chi connectivity index (χ0v) is 24.9. The van der Waals surface area contributed by atoms with Crippen LogP contribution in [-0.4, -0.2) is 72.8 Å². The average molecular weight is 597 g/mol. The van der Waals surface area contributed by atoms with E-state index in [9.17, 15) is 23.1 Å². The van der Waals surface area contributed by atoms with Gasteiger partial charge in [-0.2, -0.15) is 0 Å². The predicted molar refractivity (Wildman–Crippen MR) is 158 cm³/mol. The Balaban J connectivity index is 1.44. The third kappa shape index (κ3) is 6.86. The van der Waals surface area contributed by atoms with Crippen LogP contribution >= 0.6 is 11.3 Å². The number of aliphatic hydroxyl groups is 1. The van der Waals surface area contributed by atoms with Crippen molar-refractivity contribution in [2.24, 2.45) is 0 Å². The summed E-state index contributed by atoms with van der Waals surface area (Å²) in [5.41, 5.74) is 2.04. The van der Waals surface area contributed by atoms with Crippen LogP contribution in [0.3, 0.4) is 0 Å². The van der Waals surface area contributed by atoms with Crippen molar-refractivity contribution in [2.75, 3.05) is 19.3 Å². The summed E-state index contributed by atoms with van der Waals surface area (Å²) in [6.07, 6.45) is 3.91. The molecule has 0 spiro atoms. The number of amides is 2. The number of aromatic nitrogens is 1. The SMILES string of the molecule is Cc1csc([C@H]2CCCN2C(=O)c2cc(C(=O)N[C@@H](Cc3ccccc3)[C@@H](O)[C@H]3CCCN3)cc(S(C)(=O)=O)c2)n1. The van der Waals surface area contributed by atoms with Crippen LogP contribution in [0.5, 0.6) is 0 Å². The summed E-state index contributed by atoms with van der Waals surface area (Å²) in [5.74, 6) is -0.882. The molecule has 0 saturated carbocycles. The summed E-state index contributed by atoms with van der Waals surface area (Å²) >= 11 is 1.51. The molecular formula is C30H36N4O5S2. The number of nitrogens with one attached hydrogen (secondary N) is 2. The van der Waals surface area contributed by atoms with Crippen LogP contribution in [0.1, 0.15) is 68.7 Å². The molecule has 0 radical (unpaired) electrons. The molecule has 0 aliphatic carbocycles. The van der Waals surface area contributed by atoms with E-state index in [-0.39, 0.29) is 34.0 Å². The van der Waals surface area contributed by atoms with E-state index in [2.05, 4.69) is 15.6 Å². The van der Waals surface area contributed by atoms with Gasteiger partial charge in [-0.15, -0.1) is 11.3 Å². The van der Waals surface area contributed by atoms with E-state index in [0.717, 1.165) is 54.7 Å². The van der Waals surface area contributed by atoms with Crippen LogP contribution in [-0.2, 0) is 16.3 Å². The number of thiazole rings is 1.